The van der Waals surface area contributed by atoms with E-state index in [1.807, 2.05) is 0 Å². The average Bonchev–Trinajstić information content (AvgIpc) is 2.27. The summed E-state index contributed by atoms with van der Waals surface area (Å²) in [6, 6.07) is 0.887. The molecule has 18 heavy (non-hydrogen) atoms. The number of anilines is 1. The lowest BCUT2D eigenvalue weighted by Gasteiger charge is -2.12. The molecule has 0 amide bonds. The van der Waals surface area contributed by atoms with Gasteiger partial charge in [-0.15, -0.1) is 11.8 Å². The first-order valence-electron chi connectivity index (χ1n) is 5.34. The Labute approximate surface area is 107 Å². The van der Waals surface area contributed by atoms with Crippen molar-refractivity contribution in [2.75, 3.05) is 18.5 Å². The van der Waals surface area contributed by atoms with Gasteiger partial charge in [-0.3, -0.25) is 0 Å². The van der Waals surface area contributed by atoms with Crippen molar-refractivity contribution in [3.63, 3.8) is 0 Å². The highest BCUT2D eigenvalue weighted by Crippen LogP contribution is 2.31. The van der Waals surface area contributed by atoms with Gasteiger partial charge in [0.2, 0.25) is 5.95 Å². The SMILES string of the molecule is CCNc1nc(SC(C)CO)cc(C(F)(F)F)n1. The Kier molecular flexibility index (Phi) is 5.21. The maximum absolute atomic E-state index is 12.6. The van der Waals surface area contributed by atoms with Gasteiger partial charge in [-0.2, -0.15) is 13.2 Å². The summed E-state index contributed by atoms with van der Waals surface area (Å²) in [5.74, 6) is -0.0556. The number of alkyl halides is 3. The minimum atomic E-state index is -4.51. The predicted octanol–water partition coefficient (Wildman–Crippen LogP) is 2.40. The van der Waals surface area contributed by atoms with Crippen molar-refractivity contribution in [1.29, 1.82) is 0 Å². The fourth-order valence-electron chi connectivity index (χ4n) is 1.11. The summed E-state index contributed by atoms with van der Waals surface area (Å²) < 4.78 is 37.9. The molecule has 1 heterocycles. The Bertz CT molecular complexity index is 400. The fourth-order valence-corrected chi connectivity index (χ4v) is 1.92. The second-order valence-corrected chi connectivity index (χ2v) is 5.01. The van der Waals surface area contributed by atoms with Crippen molar-refractivity contribution in [2.45, 2.75) is 30.3 Å². The van der Waals surface area contributed by atoms with Gasteiger partial charge in [-0.05, 0) is 6.92 Å². The van der Waals surface area contributed by atoms with Crippen LogP contribution in [0.5, 0.6) is 0 Å². The highest BCUT2D eigenvalue weighted by atomic mass is 32.2. The van der Waals surface area contributed by atoms with Gasteiger partial charge < -0.3 is 10.4 Å². The van der Waals surface area contributed by atoms with E-state index in [2.05, 4.69) is 15.3 Å². The number of nitrogens with one attached hydrogen (secondary N) is 1. The van der Waals surface area contributed by atoms with E-state index in [9.17, 15) is 13.2 Å². The molecule has 1 atom stereocenters. The summed E-state index contributed by atoms with van der Waals surface area (Å²) in [6.45, 7) is 3.74. The minimum Gasteiger partial charge on any atom is -0.395 e. The molecule has 1 rings (SSSR count). The van der Waals surface area contributed by atoms with Crippen LogP contribution in [0.4, 0.5) is 19.1 Å². The number of aliphatic hydroxyl groups excluding tert-OH is 1. The average molecular weight is 281 g/mol. The quantitative estimate of drug-likeness (QED) is 0.641. The van der Waals surface area contributed by atoms with Gasteiger partial charge in [0, 0.05) is 17.9 Å². The zero-order valence-corrected chi connectivity index (χ0v) is 10.8. The maximum Gasteiger partial charge on any atom is 0.433 e. The van der Waals surface area contributed by atoms with E-state index in [1.54, 1.807) is 13.8 Å². The molecule has 0 saturated carbocycles. The molecule has 0 aliphatic rings. The van der Waals surface area contributed by atoms with E-state index in [4.69, 9.17) is 5.11 Å². The van der Waals surface area contributed by atoms with Crippen LogP contribution in [-0.4, -0.2) is 33.5 Å². The van der Waals surface area contributed by atoms with Crippen molar-refractivity contribution < 1.29 is 18.3 Å². The van der Waals surface area contributed by atoms with E-state index >= 15 is 0 Å². The second kappa shape index (κ2) is 6.24. The smallest absolute Gasteiger partial charge is 0.395 e. The molecule has 0 fully saturated rings. The third-order valence-electron chi connectivity index (χ3n) is 1.91. The lowest BCUT2D eigenvalue weighted by atomic mass is 10.4. The molecule has 8 heteroatoms. The molecule has 1 aromatic heterocycles. The number of halogens is 3. The van der Waals surface area contributed by atoms with Crippen LogP contribution in [0.15, 0.2) is 11.1 Å². The molecule has 0 spiro atoms. The van der Waals surface area contributed by atoms with Crippen LogP contribution in [0.25, 0.3) is 0 Å². The molecule has 1 aromatic rings. The molecular weight excluding hydrogens is 267 g/mol. The molecule has 0 aliphatic heterocycles. The number of aromatic nitrogens is 2. The second-order valence-electron chi connectivity index (χ2n) is 3.55. The predicted molar refractivity (Wildman–Crippen MR) is 63.6 cm³/mol. The van der Waals surface area contributed by atoms with Crippen molar-refractivity contribution in [2.24, 2.45) is 0 Å². The standard InChI is InChI=1S/C10H14F3N3OS/c1-3-14-9-15-7(10(11,12)13)4-8(16-9)18-6(2)5-17/h4,6,17H,3,5H2,1-2H3,(H,14,15,16). The lowest BCUT2D eigenvalue weighted by molar-refractivity contribution is -0.141. The van der Waals surface area contributed by atoms with E-state index in [0.29, 0.717) is 6.54 Å². The summed E-state index contributed by atoms with van der Waals surface area (Å²) in [7, 11) is 0. The Morgan fingerprint density at radius 1 is 1.44 bits per heavy atom. The van der Waals surface area contributed by atoms with E-state index in [0.717, 1.165) is 17.8 Å². The van der Waals surface area contributed by atoms with Crippen LogP contribution in [-0.2, 0) is 6.18 Å². The first-order valence-corrected chi connectivity index (χ1v) is 6.22. The molecule has 2 N–H and O–H groups in total. The monoisotopic (exact) mass is 281 g/mol. The summed E-state index contributed by atoms with van der Waals surface area (Å²) in [5.41, 5.74) is -0.985. The summed E-state index contributed by atoms with van der Waals surface area (Å²) in [5, 5.41) is 11.5. The zero-order valence-electron chi connectivity index (χ0n) is 9.95. The van der Waals surface area contributed by atoms with Gasteiger partial charge >= 0.3 is 6.18 Å². The summed E-state index contributed by atoms with van der Waals surface area (Å²) in [6.07, 6.45) is -4.51. The number of hydrogen-bond donors (Lipinski definition) is 2. The minimum absolute atomic E-state index is 0.0556. The van der Waals surface area contributed by atoms with Crippen LogP contribution in [0.3, 0.4) is 0 Å². The first-order chi connectivity index (χ1) is 8.36. The third kappa shape index (κ3) is 4.34. The first kappa shape index (κ1) is 15.0. The number of rotatable bonds is 5. The Hall–Kier alpha value is -1.02. The van der Waals surface area contributed by atoms with Gasteiger partial charge in [0.1, 0.15) is 5.03 Å². The molecule has 4 nitrogen and oxygen atoms in total. The van der Waals surface area contributed by atoms with Gasteiger partial charge in [0.25, 0.3) is 0 Å². The van der Waals surface area contributed by atoms with Crippen LogP contribution < -0.4 is 5.32 Å². The molecule has 0 aromatic carbocycles. The molecule has 0 saturated heterocycles. The van der Waals surface area contributed by atoms with Crippen molar-refractivity contribution in [1.82, 2.24) is 9.97 Å². The lowest BCUT2D eigenvalue weighted by Crippen LogP contribution is -2.13. The van der Waals surface area contributed by atoms with Crippen molar-refractivity contribution in [3.8, 4) is 0 Å². The van der Waals surface area contributed by atoms with E-state index in [1.165, 1.54) is 0 Å². The van der Waals surface area contributed by atoms with Crippen LogP contribution in [0, 0.1) is 0 Å². The third-order valence-corrected chi connectivity index (χ3v) is 2.91. The Balaban J connectivity index is 3.06. The number of aliphatic hydroxyl groups is 1. The molecule has 1 unspecified atom stereocenters. The van der Waals surface area contributed by atoms with E-state index < -0.39 is 11.9 Å². The summed E-state index contributed by atoms with van der Waals surface area (Å²) in [4.78, 5) is 7.36. The molecule has 0 aliphatic carbocycles. The van der Waals surface area contributed by atoms with Crippen LogP contribution in [0.1, 0.15) is 19.5 Å². The summed E-state index contributed by atoms with van der Waals surface area (Å²) >= 11 is 1.07. The van der Waals surface area contributed by atoms with E-state index in [-0.39, 0.29) is 22.8 Å². The van der Waals surface area contributed by atoms with Gasteiger partial charge in [-0.25, -0.2) is 9.97 Å². The molecule has 102 valence electrons. The molecular formula is C10H14F3N3OS. The van der Waals surface area contributed by atoms with Crippen LogP contribution >= 0.6 is 11.8 Å². The maximum atomic E-state index is 12.6. The van der Waals surface area contributed by atoms with Gasteiger partial charge in [0.15, 0.2) is 5.69 Å². The highest BCUT2D eigenvalue weighted by Gasteiger charge is 2.33. The van der Waals surface area contributed by atoms with Gasteiger partial charge in [-0.1, -0.05) is 6.92 Å². The number of nitrogens with zero attached hydrogens (tertiary/aromatic N) is 2. The Morgan fingerprint density at radius 2 is 2.11 bits per heavy atom. The normalized spacial score (nSPS) is 13.4. The molecule has 0 bridgehead atoms. The van der Waals surface area contributed by atoms with Crippen molar-refractivity contribution in [3.05, 3.63) is 11.8 Å². The number of thioether (sulfide) groups is 1. The van der Waals surface area contributed by atoms with Gasteiger partial charge in [0.05, 0.1) is 6.61 Å². The fraction of sp³-hybridized carbons (Fsp3) is 0.600. The topological polar surface area (TPSA) is 58.0 Å². The molecule has 0 radical (unpaired) electrons. The highest BCUT2D eigenvalue weighted by molar-refractivity contribution is 7.99. The largest absolute Gasteiger partial charge is 0.433 e. The van der Waals surface area contributed by atoms with Crippen molar-refractivity contribution >= 4 is 17.7 Å². The zero-order chi connectivity index (χ0) is 13.8. The number of hydrogen-bond acceptors (Lipinski definition) is 5. The Morgan fingerprint density at radius 3 is 2.61 bits per heavy atom. The van der Waals surface area contributed by atoms with Crippen LogP contribution in [0.2, 0.25) is 0 Å².